The number of benzene rings is 2. The molecule has 0 bridgehead atoms. The summed E-state index contributed by atoms with van der Waals surface area (Å²) in [7, 11) is 1.59. The topological polar surface area (TPSA) is 40.5 Å². The molecule has 0 saturated heterocycles. The average molecular weight is 241 g/mol. The van der Waals surface area contributed by atoms with E-state index in [0.29, 0.717) is 11.1 Å². The van der Waals surface area contributed by atoms with Crippen molar-refractivity contribution in [3.63, 3.8) is 0 Å². The average Bonchev–Trinajstić information content (AvgIpc) is 2.47. The first-order valence-corrected chi connectivity index (χ1v) is 5.75. The number of nitrogens with zero attached hydrogens (tertiary/aromatic N) is 1. The maximum absolute atomic E-state index is 12.1. The number of hydrogen-bond donors (Lipinski definition) is 1. The van der Waals surface area contributed by atoms with Crippen molar-refractivity contribution in [1.29, 1.82) is 0 Å². The van der Waals surface area contributed by atoms with Gasteiger partial charge in [-0.1, -0.05) is 48.5 Å². The van der Waals surface area contributed by atoms with Crippen molar-refractivity contribution in [3.8, 4) is 0 Å². The largest absolute Gasteiger partial charge is 0.369 e. The zero-order valence-electron chi connectivity index (χ0n) is 10.2. The van der Waals surface area contributed by atoms with Crippen LogP contribution in [0.4, 0.5) is 0 Å². The summed E-state index contributed by atoms with van der Waals surface area (Å²) in [6.07, 6.45) is -0.932. The second-order valence-electron chi connectivity index (χ2n) is 4.07. The highest BCUT2D eigenvalue weighted by Gasteiger charge is 2.19. The van der Waals surface area contributed by atoms with Crippen molar-refractivity contribution in [3.05, 3.63) is 71.8 Å². The molecule has 0 aromatic heterocycles. The van der Waals surface area contributed by atoms with Gasteiger partial charge in [-0.3, -0.25) is 4.79 Å². The van der Waals surface area contributed by atoms with Crippen molar-refractivity contribution in [2.75, 3.05) is 7.05 Å². The van der Waals surface area contributed by atoms with Crippen LogP contribution >= 0.6 is 0 Å². The number of carbonyl (C=O) groups is 1. The fourth-order valence-electron chi connectivity index (χ4n) is 1.74. The molecule has 2 aromatic carbocycles. The Morgan fingerprint density at radius 2 is 1.50 bits per heavy atom. The van der Waals surface area contributed by atoms with E-state index in [4.69, 9.17) is 0 Å². The molecule has 0 fully saturated rings. The molecule has 1 atom stereocenters. The minimum absolute atomic E-state index is 0.202. The van der Waals surface area contributed by atoms with Crippen LogP contribution in [0.3, 0.4) is 0 Å². The lowest BCUT2D eigenvalue weighted by atomic mass is 10.1. The van der Waals surface area contributed by atoms with Gasteiger partial charge in [0, 0.05) is 18.2 Å². The smallest absolute Gasteiger partial charge is 0.255 e. The summed E-state index contributed by atoms with van der Waals surface area (Å²) in [5.41, 5.74) is 1.26. The van der Waals surface area contributed by atoms with Gasteiger partial charge in [-0.15, -0.1) is 0 Å². The Labute approximate surface area is 106 Å². The van der Waals surface area contributed by atoms with E-state index in [-0.39, 0.29) is 5.91 Å². The van der Waals surface area contributed by atoms with Crippen molar-refractivity contribution < 1.29 is 9.90 Å². The Morgan fingerprint density at radius 1 is 1.00 bits per heavy atom. The molecule has 0 spiro atoms. The van der Waals surface area contributed by atoms with Gasteiger partial charge in [-0.25, -0.2) is 0 Å². The molecule has 92 valence electrons. The molecule has 2 rings (SSSR count). The Morgan fingerprint density at radius 3 is 2.06 bits per heavy atom. The van der Waals surface area contributed by atoms with Gasteiger partial charge in [-0.05, 0) is 12.1 Å². The fourth-order valence-corrected chi connectivity index (χ4v) is 1.74. The molecule has 0 saturated carbocycles. The van der Waals surface area contributed by atoms with Gasteiger partial charge < -0.3 is 10.0 Å². The van der Waals surface area contributed by atoms with Crippen LogP contribution in [0.15, 0.2) is 60.7 Å². The molecular formula is C15H15NO2. The predicted octanol–water partition coefficient (Wildman–Crippen LogP) is 2.45. The lowest BCUT2D eigenvalue weighted by Gasteiger charge is -2.24. The third-order valence-electron chi connectivity index (χ3n) is 2.81. The molecule has 0 radical (unpaired) electrons. The normalized spacial score (nSPS) is 11.9. The van der Waals surface area contributed by atoms with Crippen LogP contribution in [0.1, 0.15) is 22.1 Å². The van der Waals surface area contributed by atoms with Gasteiger partial charge in [-0.2, -0.15) is 0 Å². The molecule has 0 aliphatic rings. The molecule has 1 unspecified atom stereocenters. The number of rotatable bonds is 3. The lowest BCUT2D eigenvalue weighted by Crippen LogP contribution is -2.31. The highest BCUT2D eigenvalue weighted by molar-refractivity contribution is 5.94. The molecule has 1 N–H and O–H groups in total. The van der Waals surface area contributed by atoms with Gasteiger partial charge in [0.05, 0.1) is 0 Å². The first kappa shape index (κ1) is 12.3. The summed E-state index contributed by atoms with van der Waals surface area (Å²) in [6, 6.07) is 18.0. The summed E-state index contributed by atoms with van der Waals surface area (Å²) < 4.78 is 0. The highest BCUT2D eigenvalue weighted by Crippen LogP contribution is 2.17. The summed E-state index contributed by atoms with van der Waals surface area (Å²) in [5.74, 6) is -0.202. The van der Waals surface area contributed by atoms with Crippen LogP contribution in [-0.2, 0) is 0 Å². The Hall–Kier alpha value is -2.13. The molecule has 0 aliphatic carbocycles. The Kier molecular flexibility index (Phi) is 3.75. The van der Waals surface area contributed by atoms with Gasteiger partial charge in [0.25, 0.3) is 5.91 Å². The first-order valence-electron chi connectivity index (χ1n) is 5.75. The van der Waals surface area contributed by atoms with Crippen molar-refractivity contribution in [2.45, 2.75) is 6.23 Å². The minimum Gasteiger partial charge on any atom is -0.369 e. The molecule has 0 heterocycles. The summed E-state index contributed by atoms with van der Waals surface area (Å²) >= 11 is 0. The summed E-state index contributed by atoms with van der Waals surface area (Å²) in [6.45, 7) is 0. The zero-order chi connectivity index (χ0) is 13.0. The van der Waals surface area contributed by atoms with E-state index in [1.807, 2.05) is 24.3 Å². The summed E-state index contributed by atoms with van der Waals surface area (Å²) in [5, 5.41) is 10.1. The third-order valence-corrected chi connectivity index (χ3v) is 2.81. The maximum Gasteiger partial charge on any atom is 0.255 e. The molecule has 2 aromatic rings. The van der Waals surface area contributed by atoms with E-state index in [2.05, 4.69) is 0 Å². The second-order valence-corrected chi connectivity index (χ2v) is 4.07. The van der Waals surface area contributed by atoms with Gasteiger partial charge >= 0.3 is 0 Å². The Bertz CT molecular complexity index is 511. The third kappa shape index (κ3) is 2.57. The number of hydrogen-bond acceptors (Lipinski definition) is 2. The highest BCUT2D eigenvalue weighted by atomic mass is 16.3. The van der Waals surface area contributed by atoms with Crippen LogP contribution in [0.25, 0.3) is 0 Å². The van der Waals surface area contributed by atoms with Crippen molar-refractivity contribution in [1.82, 2.24) is 4.90 Å². The summed E-state index contributed by atoms with van der Waals surface area (Å²) in [4.78, 5) is 13.4. The fraction of sp³-hybridized carbons (Fsp3) is 0.133. The van der Waals surface area contributed by atoms with E-state index >= 15 is 0 Å². The van der Waals surface area contributed by atoms with Crippen LogP contribution in [-0.4, -0.2) is 23.0 Å². The van der Waals surface area contributed by atoms with Gasteiger partial charge in [0.1, 0.15) is 0 Å². The molecule has 3 heteroatoms. The Balaban J connectivity index is 2.17. The van der Waals surface area contributed by atoms with Crippen LogP contribution < -0.4 is 0 Å². The maximum atomic E-state index is 12.1. The molecule has 18 heavy (non-hydrogen) atoms. The number of carbonyl (C=O) groups excluding carboxylic acids is 1. The van der Waals surface area contributed by atoms with Crippen molar-refractivity contribution in [2.24, 2.45) is 0 Å². The van der Waals surface area contributed by atoms with Crippen LogP contribution in [0.5, 0.6) is 0 Å². The predicted molar refractivity (Wildman–Crippen MR) is 69.9 cm³/mol. The van der Waals surface area contributed by atoms with Crippen LogP contribution in [0, 0.1) is 0 Å². The molecular weight excluding hydrogens is 226 g/mol. The van der Waals surface area contributed by atoms with E-state index in [9.17, 15) is 9.90 Å². The number of aliphatic hydroxyl groups excluding tert-OH is 1. The zero-order valence-corrected chi connectivity index (χ0v) is 10.2. The van der Waals surface area contributed by atoms with Crippen molar-refractivity contribution >= 4 is 5.91 Å². The second kappa shape index (κ2) is 5.47. The standard InChI is InChI=1S/C15H15NO2/c1-16(14(17)12-8-4-2-5-9-12)15(18)13-10-6-3-7-11-13/h2-11,14,17H,1H3. The quantitative estimate of drug-likeness (QED) is 0.838. The van der Waals surface area contributed by atoms with E-state index in [0.717, 1.165) is 0 Å². The molecule has 1 amide bonds. The minimum atomic E-state index is -0.932. The SMILES string of the molecule is CN(C(=O)c1ccccc1)C(O)c1ccccc1. The molecule has 0 aliphatic heterocycles. The molecule has 3 nitrogen and oxygen atoms in total. The van der Waals surface area contributed by atoms with Gasteiger partial charge in [0.15, 0.2) is 6.23 Å². The van der Waals surface area contributed by atoms with E-state index in [1.54, 1.807) is 43.4 Å². The monoisotopic (exact) mass is 241 g/mol. The lowest BCUT2D eigenvalue weighted by molar-refractivity contribution is 0.0188. The number of aliphatic hydroxyl groups is 1. The van der Waals surface area contributed by atoms with Gasteiger partial charge in [0.2, 0.25) is 0 Å². The van der Waals surface area contributed by atoms with Crippen LogP contribution in [0.2, 0.25) is 0 Å². The van der Waals surface area contributed by atoms with E-state index in [1.165, 1.54) is 4.90 Å². The first-order chi connectivity index (χ1) is 8.70. The van der Waals surface area contributed by atoms with E-state index < -0.39 is 6.23 Å². The number of amides is 1.